The van der Waals surface area contributed by atoms with Crippen LogP contribution in [0.25, 0.3) is 0 Å². The van der Waals surface area contributed by atoms with Crippen molar-refractivity contribution in [2.45, 2.75) is 57.7 Å². The van der Waals surface area contributed by atoms with Crippen LogP contribution in [0.2, 0.25) is 0 Å². The van der Waals surface area contributed by atoms with Crippen LogP contribution in [-0.2, 0) is 14.3 Å². The number of ether oxygens (including phenoxy) is 1. The van der Waals surface area contributed by atoms with Gasteiger partial charge in [0.15, 0.2) is 0 Å². The van der Waals surface area contributed by atoms with Gasteiger partial charge in [-0.05, 0) is 56.3 Å². The molecule has 4 bridgehead atoms. The zero-order valence-corrected chi connectivity index (χ0v) is 14.8. The van der Waals surface area contributed by atoms with E-state index in [1.807, 2.05) is 6.92 Å². The lowest BCUT2D eigenvalue weighted by molar-refractivity contribution is -0.162. The molecule has 0 radical (unpaired) electrons. The molecule has 0 unspecified atom stereocenters. The summed E-state index contributed by atoms with van der Waals surface area (Å²) >= 11 is 0. The molecule has 0 amide bonds. The highest BCUT2D eigenvalue weighted by Crippen LogP contribution is 2.78. The Balaban J connectivity index is 1.76. The van der Waals surface area contributed by atoms with Crippen LogP contribution in [-0.4, -0.2) is 33.9 Å². The van der Waals surface area contributed by atoms with E-state index in [4.69, 9.17) is 4.74 Å². The fourth-order valence-electron chi connectivity index (χ4n) is 8.09. The number of allylic oxidation sites excluding steroid dienone is 1. The van der Waals surface area contributed by atoms with Crippen molar-refractivity contribution in [3.8, 4) is 0 Å². The molecule has 1 heterocycles. The lowest BCUT2D eigenvalue weighted by atomic mass is 9.56. The lowest BCUT2D eigenvalue weighted by Crippen LogP contribution is -2.56. The summed E-state index contributed by atoms with van der Waals surface area (Å²) in [6.45, 7) is 7.94. The van der Waals surface area contributed by atoms with Gasteiger partial charge in [0.25, 0.3) is 0 Å². The van der Waals surface area contributed by atoms with Crippen LogP contribution in [0, 0.1) is 40.4 Å². The van der Waals surface area contributed by atoms with Gasteiger partial charge < -0.3 is 14.9 Å². The zero-order chi connectivity index (χ0) is 17.9. The Morgan fingerprint density at radius 1 is 1.32 bits per heavy atom. The van der Waals surface area contributed by atoms with E-state index in [0.29, 0.717) is 12.3 Å². The molecule has 5 aliphatic rings. The van der Waals surface area contributed by atoms with Crippen LogP contribution in [0.4, 0.5) is 0 Å². The summed E-state index contributed by atoms with van der Waals surface area (Å²) < 4.78 is 6.08. The fourth-order valence-corrected chi connectivity index (χ4v) is 8.09. The Bertz CT molecular complexity index is 715. The first-order valence-electron chi connectivity index (χ1n) is 9.50. The summed E-state index contributed by atoms with van der Waals surface area (Å²) in [5.74, 6) is -1.90. The van der Waals surface area contributed by atoms with E-state index in [2.05, 4.69) is 6.58 Å². The van der Waals surface area contributed by atoms with Crippen LogP contribution in [0.1, 0.15) is 46.0 Å². The Morgan fingerprint density at radius 3 is 2.72 bits per heavy atom. The first-order chi connectivity index (χ1) is 11.7. The Kier molecular flexibility index (Phi) is 2.73. The number of aliphatic hydroxyl groups is 1. The second-order valence-electron chi connectivity index (χ2n) is 9.65. The van der Waals surface area contributed by atoms with Crippen molar-refractivity contribution in [2.24, 2.45) is 40.4 Å². The first-order valence-corrected chi connectivity index (χ1v) is 9.50. The number of carboxylic acids is 1. The first kappa shape index (κ1) is 15.9. The third-order valence-electron chi connectivity index (χ3n) is 8.76. The number of rotatable bonds is 1. The van der Waals surface area contributed by atoms with Crippen LogP contribution >= 0.6 is 0 Å². The van der Waals surface area contributed by atoms with Crippen molar-refractivity contribution in [3.05, 3.63) is 12.2 Å². The summed E-state index contributed by atoms with van der Waals surface area (Å²) in [7, 11) is 0. The zero-order valence-electron chi connectivity index (χ0n) is 14.8. The van der Waals surface area contributed by atoms with E-state index in [0.717, 1.165) is 25.7 Å². The molecule has 136 valence electrons. The van der Waals surface area contributed by atoms with Crippen LogP contribution in [0.3, 0.4) is 0 Å². The smallest absolute Gasteiger partial charge is 0.315 e. The largest absolute Gasteiger partial charge is 0.481 e. The molecule has 0 aromatic heterocycles. The molecule has 9 atom stereocenters. The van der Waals surface area contributed by atoms with E-state index in [9.17, 15) is 19.8 Å². The lowest BCUT2D eigenvalue weighted by Gasteiger charge is -2.47. The van der Waals surface area contributed by atoms with Gasteiger partial charge in [0, 0.05) is 11.8 Å². The highest BCUT2D eigenvalue weighted by atomic mass is 16.6. The highest BCUT2D eigenvalue weighted by Gasteiger charge is 2.83. The summed E-state index contributed by atoms with van der Waals surface area (Å²) in [6, 6.07) is 0. The molecule has 5 fully saturated rings. The minimum absolute atomic E-state index is 0.0698. The van der Waals surface area contributed by atoms with Crippen molar-refractivity contribution >= 4 is 11.9 Å². The molecular formula is C20H26O5. The van der Waals surface area contributed by atoms with E-state index in [1.54, 1.807) is 6.92 Å². The van der Waals surface area contributed by atoms with Gasteiger partial charge >= 0.3 is 11.9 Å². The van der Waals surface area contributed by atoms with Crippen LogP contribution in [0.5, 0.6) is 0 Å². The van der Waals surface area contributed by atoms with Crippen LogP contribution in [0.15, 0.2) is 12.2 Å². The number of carbonyl (C=O) groups excluding carboxylic acids is 1. The molecule has 4 aliphatic carbocycles. The third kappa shape index (κ3) is 1.45. The molecule has 1 aliphatic heterocycles. The average Bonchev–Trinajstić information content (AvgIpc) is 3.00. The molecule has 0 aromatic rings. The predicted octanol–water partition coefficient (Wildman–Crippen LogP) is 2.38. The number of aliphatic hydroxyl groups excluding tert-OH is 1. The fraction of sp³-hybridized carbons (Fsp3) is 0.800. The van der Waals surface area contributed by atoms with E-state index >= 15 is 0 Å². The molecule has 5 nitrogen and oxygen atoms in total. The van der Waals surface area contributed by atoms with Gasteiger partial charge in [0.1, 0.15) is 5.60 Å². The SMILES string of the molecule is C=C1C[C@]23C[C@H]1CC[C@H]2[C@@]12C[C@H](C)[C@H](O)[C@@](C)(C(=O)O1)[C@H]2[C@@H]3C(=O)O. The van der Waals surface area contributed by atoms with Crippen molar-refractivity contribution in [2.75, 3.05) is 0 Å². The van der Waals surface area contributed by atoms with Gasteiger partial charge in [-0.2, -0.15) is 0 Å². The van der Waals surface area contributed by atoms with Gasteiger partial charge in [0.2, 0.25) is 0 Å². The molecule has 5 heteroatoms. The predicted molar refractivity (Wildman–Crippen MR) is 88.4 cm³/mol. The number of aliphatic carboxylic acids is 1. The Hall–Kier alpha value is -1.36. The van der Waals surface area contributed by atoms with Gasteiger partial charge in [-0.3, -0.25) is 9.59 Å². The Labute approximate surface area is 147 Å². The number of esters is 1. The average molecular weight is 346 g/mol. The van der Waals surface area contributed by atoms with E-state index < -0.39 is 40.9 Å². The second-order valence-corrected chi connectivity index (χ2v) is 9.65. The van der Waals surface area contributed by atoms with Crippen LogP contribution < -0.4 is 0 Å². The number of hydrogen-bond donors (Lipinski definition) is 2. The number of hydrogen-bond acceptors (Lipinski definition) is 4. The molecule has 2 N–H and O–H groups in total. The van der Waals surface area contributed by atoms with Gasteiger partial charge in [-0.1, -0.05) is 19.1 Å². The minimum atomic E-state index is -1.12. The maximum atomic E-state index is 12.9. The van der Waals surface area contributed by atoms with Crippen molar-refractivity contribution < 1.29 is 24.5 Å². The summed E-state index contributed by atoms with van der Waals surface area (Å²) in [5, 5.41) is 21.1. The van der Waals surface area contributed by atoms with Gasteiger partial charge in [-0.25, -0.2) is 0 Å². The second kappa shape index (κ2) is 4.30. The van der Waals surface area contributed by atoms with E-state index in [-0.39, 0.29) is 17.3 Å². The van der Waals surface area contributed by atoms with Gasteiger partial charge in [0.05, 0.1) is 17.4 Å². The minimum Gasteiger partial charge on any atom is -0.481 e. The standard InChI is InChI=1S/C20H26O5/c1-9-6-19-8-11(9)4-5-12(19)20-7-10(2)15(21)18(3,17(24)25-20)14(20)13(19)16(22)23/h10-15,21H,1,4-8H2,2-3H3,(H,22,23)/t10-,11+,12+,13+,14+,15-,18-,19-,20+/m0/s1. The molecule has 5 rings (SSSR count). The van der Waals surface area contributed by atoms with Crippen molar-refractivity contribution in [1.29, 1.82) is 0 Å². The number of carboxylic acid groups (broad SMARTS) is 1. The number of carbonyl (C=O) groups is 2. The van der Waals surface area contributed by atoms with Crippen molar-refractivity contribution in [1.82, 2.24) is 0 Å². The molecule has 1 saturated heterocycles. The van der Waals surface area contributed by atoms with E-state index in [1.165, 1.54) is 5.57 Å². The molecule has 4 saturated carbocycles. The monoisotopic (exact) mass is 346 g/mol. The summed E-state index contributed by atoms with van der Waals surface area (Å²) in [5.41, 5.74) is -1.03. The number of fused-ring (bicyclic) bond motifs is 1. The Morgan fingerprint density at radius 2 is 2.04 bits per heavy atom. The summed E-state index contributed by atoms with van der Waals surface area (Å²) in [4.78, 5) is 25.3. The maximum absolute atomic E-state index is 12.9. The maximum Gasteiger partial charge on any atom is 0.315 e. The van der Waals surface area contributed by atoms with Crippen molar-refractivity contribution in [3.63, 3.8) is 0 Å². The molecule has 1 spiro atoms. The highest BCUT2D eigenvalue weighted by molar-refractivity contribution is 5.85. The molecular weight excluding hydrogens is 320 g/mol. The topological polar surface area (TPSA) is 83.8 Å². The third-order valence-corrected chi connectivity index (χ3v) is 8.76. The molecule has 0 aromatic carbocycles. The molecule has 25 heavy (non-hydrogen) atoms. The summed E-state index contributed by atoms with van der Waals surface area (Å²) in [6.07, 6.45) is 3.22. The normalized spacial score (nSPS) is 58.7. The van der Waals surface area contributed by atoms with Gasteiger partial charge in [-0.15, -0.1) is 0 Å². The quantitative estimate of drug-likeness (QED) is 0.562.